The Morgan fingerprint density at radius 2 is 1.73 bits per heavy atom. The molecule has 4 heterocycles. The van der Waals surface area contributed by atoms with Gasteiger partial charge in [0.05, 0.1) is 31.0 Å². The van der Waals surface area contributed by atoms with Crippen LogP contribution in [-0.2, 0) is 25.7 Å². The van der Waals surface area contributed by atoms with Crippen LogP contribution in [-0.4, -0.2) is 87.4 Å². The summed E-state index contributed by atoms with van der Waals surface area (Å²) in [5.74, 6) is -1.59. The van der Waals surface area contributed by atoms with Gasteiger partial charge in [0.15, 0.2) is 11.6 Å². The number of nitrogens with one attached hydrogen (secondary N) is 3. The summed E-state index contributed by atoms with van der Waals surface area (Å²) in [6.07, 6.45) is 4.78. The molecular formula is C41H53N9O6. The summed E-state index contributed by atoms with van der Waals surface area (Å²) in [7, 11) is 1.64. The topological polar surface area (TPSA) is 187 Å². The zero-order chi connectivity index (χ0) is 40.8. The minimum absolute atomic E-state index is 0.0919. The third kappa shape index (κ3) is 9.73. The number of anilines is 4. The zero-order valence-corrected chi connectivity index (χ0v) is 33.5. The van der Waals surface area contributed by atoms with Crippen molar-refractivity contribution in [3.05, 3.63) is 65.1 Å². The maximum absolute atomic E-state index is 14.0. The third-order valence-electron chi connectivity index (χ3n) is 10.3. The van der Waals surface area contributed by atoms with Crippen LogP contribution in [0.4, 0.5) is 27.9 Å². The van der Waals surface area contributed by atoms with Gasteiger partial charge in [-0.15, -0.1) is 0 Å². The minimum Gasteiger partial charge on any atom is -0.345 e. The second-order valence-electron chi connectivity index (χ2n) is 15.5. The summed E-state index contributed by atoms with van der Waals surface area (Å²) in [6, 6.07) is 7.17. The average Bonchev–Trinajstić information content (AvgIpc) is 3.65. The van der Waals surface area contributed by atoms with Gasteiger partial charge in [-0.1, -0.05) is 39.8 Å². The first kappa shape index (κ1) is 41.4. The Bertz CT molecular complexity index is 1980. The molecule has 3 aromatic rings. The Morgan fingerprint density at radius 1 is 0.982 bits per heavy atom. The van der Waals surface area contributed by atoms with Gasteiger partial charge in [-0.05, 0) is 75.6 Å². The number of pyridine rings is 1. The molecule has 0 unspecified atom stereocenters. The van der Waals surface area contributed by atoms with Crippen molar-refractivity contribution < 1.29 is 28.8 Å². The lowest BCUT2D eigenvalue weighted by molar-refractivity contribution is -0.142. The van der Waals surface area contributed by atoms with E-state index in [1.54, 1.807) is 42.5 Å². The minimum atomic E-state index is -0.780. The monoisotopic (exact) mass is 767 g/mol. The second-order valence-corrected chi connectivity index (χ2v) is 15.5. The predicted octanol–water partition coefficient (Wildman–Crippen LogP) is 4.88. The van der Waals surface area contributed by atoms with Crippen LogP contribution in [0, 0.1) is 31.6 Å². The highest BCUT2D eigenvalue weighted by molar-refractivity contribution is 6.07. The molecule has 2 aromatic heterocycles. The molecule has 15 nitrogen and oxygen atoms in total. The van der Waals surface area contributed by atoms with E-state index in [-0.39, 0.29) is 54.9 Å². The van der Waals surface area contributed by atoms with Crippen LogP contribution in [0.25, 0.3) is 0 Å². The Labute approximate surface area is 328 Å². The number of carbonyl (C=O) groups excluding carboxylic acids is 6. The maximum atomic E-state index is 14.0. The number of hydrogen-bond acceptors (Lipinski definition) is 10. The molecule has 0 radical (unpaired) electrons. The Kier molecular flexibility index (Phi) is 13.2. The molecule has 2 aliphatic rings. The second kappa shape index (κ2) is 17.8. The number of aromatic nitrogens is 3. The summed E-state index contributed by atoms with van der Waals surface area (Å²) in [6.45, 7) is 13.0. The van der Waals surface area contributed by atoms with Crippen LogP contribution in [0.15, 0.2) is 42.7 Å². The van der Waals surface area contributed by atoms with E-state index in [4.69, 9.17) is 0 Å². The van der Waals surface area contributed by atoms with Gasteiger partial charge in [0.2, 0.25) is 23.7 Å². The lowest BCUT2D eigenvalue weighted by Crippen LogP contribution is -2.51. The quantitative estimate of drug-likeness (QED) is 0.180. The lowest BCUT2D eigenvalue weighted by Gasteiger charge is -2.35. The van der Waals surface area contributed by atoms with Gasteiger partial charge in [0.25, 0.3) is 0 Å². The number of nitrogens with zero attached hydrogens (tertiary/aromatic N) is 6. The molecular weight excluding hydrogens is 715 g/mol. The van der Waals surface area contributed by atoms with Gasteiger partial charge in [-0.2, -0.15) is 4.98 Å². The normalized spacial score (nSPS) is 16.4. The van der Waals surface area contributed by atoms with E-state index in [1.165, 1.54) is 16.7 Å². The number of amides is 5. The molecule has 3 N–H and O–H groups in total. The number of carbonyl (C=O) groups is 6. The van der Waals surface area contributed by atoms with E-state index in [9.17, 15) is 28.8 Å². The average molecular weight is 768 g/mol. The summed E-state index contributed by atoms with van der Waals surface area (Å²) >= 11 is 0. The molecule has 1 aromatic carbocycles. The van der Waals surface area contributed by atoms with Crippen LogP contribution >= 0.6 is 0 Å². The molecule has 15 heteroatoms. The van der Waals surface area contributed by atoms with Crippen LogP contribution in [0.1, 0.15) is 87.5 Å². The first-order valence-electron chi connectivity index (χ1n) is 19.2. The molecule has 0 aliphatic carbocycles. The van der Waals surface area contributed by atoms with E-state index in [2.05, 4.69) is 30.9 Å². The Hall–Kier alpha value is -5.73. The number of rotatable bonds is 15. The van der Waals surface area contributed by atoms with Gasteiger partial charge in [-0.25, -0.2) is 9.78 Å². The first-order valence-corrected chi connectivity index (χ1v) is 19.2. The molecule has 0 bridgehead atoms. The fourth-order valence-corrected chi connectivity index (χ4v) is 7.07. The smallest absolute Gasteiger partial charge is 0.330 e. The molecule has 0 saturated carbocycles. The molecule has 1 saturated heterocycles. The molecule has 5 amide bonds. The number of fused-ring (bicyclic) bond motifs is 1. The van der Waals surface area contributed by atoms with Crippen molar-refractivity contribution in [2.45, 2.75) is 92.8 Å². The number of urea groups is 1. The number of Topliss-reactive ketones (excluding diaryl/α,β-unsaturated/α-hetero) is 2. The van der Waals surface area contributed by atoms with Crippen molar-refractivity contribution >= 4 is 58.5 Å². The van der Waals surface area contributed by atoms with Gasteiger partial charge in [-0.3, -0.25) is 38.8 Å². The van der Waals surface area contributed by atoms with E-state index < -0.39 is 29.8 Å². The van der Waals surface area contributed by atoms with Crippen LogP contribution in [0.3, 0.4) is 0 Å². The number of likely N-dealkylation sites (tertiary alicyclic amines) is 1. The highest BCUT2D eigenvalue weighted by Crippen LogP contribution is 2.34. The summed E-state index contributed by atoms with van der Waals surface area (Å²) < 4.78 is 0. The molecule has 298 valence electrons. The first-order chi connectivity index (χ1) is 26.5. The summed E-state index contributed by atoms with van der Waals surface area (Å²) in [5.41, 5.74) is 4.00. The number of hydrogen-bond donors (Lipinski definition) is 3. The fourth-order valence-electron chi connectivity index (χ4n) is 7.07. The lowest BCUT2D eigenvalue weighted by atomic mass is 9.87. The Balaban J connectivity index is 1.25. The van der Waals surface area contributed by atoms with Gasteiger partial charge >= 0.3 is 6.03 Å². The fraction of sp³-hybridized carbons (Fsp3) is 0.488. The van der Waals surface area contributed by atoms with Crippen molar-refractivity contribution in [1.29, 1.82) is 0 Å². The van der Waals surface area contributed by atoms with E-state index in [0.29, 0.717) is 54.5 Å². The van der Waals surface area contributed by atoms with E-state index in [0.717, 1.165) is 16.8 Å². The summed E-state index contributed by atoms with van der Waals surface area (Å²) in [5, 5.41) is 8.45. The number of aryl methyl sites for hydroxylation is 2. The highest BCUT2D eigenvalue weighted by Gasteiger charge is 2.39. The molecule has 3 atom stereocenters. The molecule has 1 fully saturated rings. The SMILES string of the molecule is CC(=O)[C@H](CC(C)C)NC(=O)CNC(=O)[C@@H]1CCCN1C(=O)[C@@H](CC(=O)c1ccc(C)c(N2Cc3cnc(Nc4ccc(C)nc4)nc3N(C)C2=O)c1)C(C)C. The molecule has 56 heavy (non-hydrogen) atoms. The standard InChI is InChI=1S/C41H53N9O6/c1-23(2)16-32(27(7)51)46-36(53)21-43-38(54)33-10-9-15-49(33)39(55)31(24(3)4)18-35(52)28-13-11-25(5)34(17-28)50-22-29-19-44-40(47-37(29)48(8)41(50)56)45-30-14-12-26(6)42-20-30/h11-14,17,19-20,23-24,31-33H,9-10,15-16,18,21-22H2,1-8H3,(H,43,54)(H,46,53)(H,44,45,47)/t31-,32-,33-/m0/s1. The van der Waals surface area contributed by atoms with Crippen molar-refractivity contribution in [3.63, 3.8) is 0 Å². The zero-order valence-electron chi connectivity index (χ0n) is 33.5. The van der Waals surface area contributed by atoms with Gasteiger partial charge in [0.1, 0.15) is 11.9 Å². The van der Waals surface area contributed by atoms with Crippen LogP contribution < -0.4 is 25.8 Å². The van der Waals surface area contributed by atoms with E-state index >= 15 is 0 Å². The van der Waals surface area contributed by atoms with Gasteiger partial charge in [0, 0.05) is 54.6 Å². The van der Waals surface area contributed by atoms with Crippen molar-refractivity contribution in [3.8, 4) is 0 Å². The molecule has 5 rings (SSSR count). The molecule has 2 aliphatic heterocycles. The largest absolute Gasteiger partial charge is 0.345 e. The van der Waals surface area contributed by atoms with Crippen molar-refractivity contribution in [2.24, 2.45) is 17.8 Å². The number of ketones is 2. The van der Waals surface area contributed by atoms with Crippen LogP contribution in [0.2, 0.25) is 0 Å². The van der Waals surface area contributed by atoms with Gasteiger partial charge < -0.3 is 20.9 Å². The van der Waals surface area contributed by atoms with E-state index in [1.807, 2.05) is 53.7 Å². The predicted molar refractivity (Wildman–Crippen MR) is 213 cm³/mol. The number of benzene rings is 1. The molecule has 0 spiro atoms. The highest BCUT2D eigenvalue weighted by atomic mass is 16.2. The third-order valence-corrected chi connectivity index (χ3v) is 10.3. The maximum Gasteiger partial charge on any atom is 0.330 e. The van der Waals surface area contributed by atoms with Crippen molar-refractivity contribution in [2.75, 3.05) is 35.3 Å². The summed E-state index contributed by atoms with van der Waals surface area (Å²) in [4.78, 5) is 97.5. The Morgan fingerprint density at radius 3 is 2.39 bits per heavy atom. The van der Waals surface area contributed by atoms with Crippen LogP contribution in [0.5, 0.6) is 0 Å². The van der Waals surface area contributed by atoms with Crippen molar-refractivity contribution in [1.82, 2.24) is 30.5 Å².